The summed E-state index contributed by atoms with van der Waals surface area (Å²) < 4.78 is 9.05. The number of fused-ring (bicyclic) bond motifs is 1. The molecule has 5 rings (SSSR count). The first-order valence-corrected chi connectivity index (χ1v) is 12.7. The van der Waals surface area contributed by atoms with Crippen molar-refractivity contribution >= 4 is 17.4 Å². The van der Waals surface area contributed by atoms with Gasteiger partial charge in [0.25, 0.3) is 5.56 Å². The van der Waals surface area contributed by atoms with Crippen LogP contribution in [0.25, 0.3) is 22.7 Å². The van der Waals surface area contributed by atoms with Crippen LogP contribution in [-0.4, -0.2) is 31.3 Å². The lowest BCUT2D eigenvalue weighted by Crippen LogP contribution is -2.17. The van der Waals surface area contributed by atoms with Gasteiger partial charge in [0.05, 0.1) is 18.5 Å². The maximum Gasteiger partial charge on any atom is 0.258 e. The summed E-state index contributed by atoms with van der Waals surface area (Å²) in [5.41, 5.74) is 5.29. The quantitative estimate of drug-likeness (QED) is 0.270. The Kier molecular flexibility index (Phi) is 6.61. The van der Waals surface area contributed by atoms with Gasteiger partial charge in [-0.15, -0.1) is 10.2 Å². The number of pyridine rings is 1. The lowest BCUT2D eigenvalue weighted by Gasteiger charge is -2.17. The first-order valence-electron chi connectivity index (χ1n) is 11.8. The third kappa shape index (κ3) is 4.52. The molecule has 182 valence electrons. The average molecular weight is 498 g/mol. The van der Waals surface area contributed by atoms with E-state index in [9.17, 15) is 4.79 Å². The fraction of sp³-hybridized carbons (Fsp3) is 0.214. The number of aryl methyl sites for hydroxylation is 1. The Morgan fingerprint density at radius 2 is 1.75 bits per heavy atom. The molecule has 8 heteroatoms. The second kappa shape index (κ2) is 9.99. The highest BCUT2D eigenvalue weighted by atomic mass is 32.2. The molecule has 0 saturated heterocycles. The molecule has 0 radical (unpaired) electrons. The molecule has 0 aliphatic rings. The van der Waals surface area contributed by atoms with Gasteiger partial charge in [0.15, 0.2) is 11.0 Å². The lowest BCUT2D eigenvalue weighted by molar-refractivity contribution is 0.415. The van der Waals surface area contributed by atoms with Crippen LogP contribution in [0.1, 0.15) is 36.7 Å². The van der Waals surface area contributed by atoms with E-state index in [1.807, 2.05) is 55.5 Å². The van der Waals surface area contributed by atoms with E-state index in [0.717, 1.165) is 33.7 Å². The summed E-state index contributed by atoms with van der Waals surface area (Å²) in [4.78, 5) is 17.5. The van der Waals surface area contributed by atoms with Crippen LogP contribution in [0.4, 0.5) is 0 Å². The number of methoxy groups -OCH3 is 1. The molecule has 0 aliphatic heterocycles. The molecule has 3 aromatic heterocycles. The van der Waals surface area contributed by atoms with Crippen LogP contribution in [0.2, 0.25) is 0 Å². The van der Waals surface area contributed by atoms with Crippen LogP contribution in [0.15, 0.2) is 82.7 Å². The molecule has 2 aromatic carbocycles. The summed E-state index contributed by atoms with van der Waals surface area (Å²) in [5.74, 6) is 2.33. The van der Waals surface area contributed by atoms with Crippen LogP contribution >= 0.6 is 11.8 Å². The summed E-state index contributed by atoms with van der Waals surface area (Å²) in [6.45, 7) is 6.26. The van der Waals surface area contributed by atoms with E-state index in [4.69, 9.17) is 9.72 Å². The molecule has 0 atom stereocenters. The Morgan fingerprint density at radius 3 is 2.50 bits per heavy atom. The van der Waals surface area contributed by atoms with Crippen LogP contribution in [0, 0.1) is 6.92 Å². The number of ether oxygens (including phenoxy) is 1. The minimum Gasteiger partial charge on any atom is -0.497 e. The fourth-order valence-electron chi connectivity index (χ4n) is 4.26. The summed E-state index contributed by atoms with van der Waals surface area (Å²) >= 11 is 1.51. The zero-order chi connectivity index (χ0) is 25.2. The van der Waals surface area contributed by atoms with Crippen molar-refractivity contribution in [2.75, 3.05) is 7.11 Å². The summed E-state index contributed by atoms with van der Waals surface area (Å²) in [6, 6.07) is 23.4. The van der Waals surface area contributed by atoms with Gasteiger partial charge >= 0.3 is 0 Å². The van der Waals surface area contributed by atoms with Gasteiger partial charge in [-0.3, -0.25) is 13.8 Å². The van der Waals surface area contributed by atoms with Crippen molar-refractivity contribution in [3.63, 3.8) is 0 Å². The van der Waals surface area contributed by atoms with Gasteiger partial charge in [0.2, 0.25) is 0 Å². The van der Waals surface area contributed by atoms with Gasteiger partial charge in [0.1, 0.15) is 11.4 Å². The third-order valence-electron chi connectivity index (χ3n) is 6.06. The van der Waals surface area contributed by atoms with Crippen molar-refractivity contribution in [1.29, 1.82) is 0 Å². The molecule has 36 heavy (non-hydrogen) atoms. The summed E-state index contributed by atoms with van der Waals surface area (Å²) in [5, 5.41) is 9.87. The van der Waals surface area contributed by atoms with E-state index >= 15 is 0 Å². The van der Waals surface area contributed by atoms with E-state index in [0.29, 0.717) is 23.0 Å². The smallest absolute Gasteiger partial charge is 0.258 e. The first kappa shape index (κ1) is 23.8. The molecule has 0 unspecified atom stereocenters. The Morgan fingerprint density at radius 1 is 0.972 bits per heavy atom. The van der Waals surface area contributed by atoms with Gasteiger partial charge in [-0.2, -0.15) is 0 Å². The van der Waals surface area contributed by atoms with E-state index < -0.39 is 0 Å². The highest BCUT2D eigenvalue weighted by Crippen LogP contribution is 2.33. The van der Waals surface area contributed by atoms with Crippen molar-refractivity contribution in [2.24, 2.45) is 0 Å². The Labute approximate surface area is 213 Å². The zero-order valence-corrected chi connectivity index (χ0v) is 21.5. The number of rotatable bonds is 7. The molecule has 7 nitrogen and oxygen atoms in total. The van der Waals surface area contributed by atoms with Gasteiger partial charge in [0, 0.05) is 23.1 Å². The van der Waals surface area contributed by atoms with Crippen molar-refractivity contribution in [2.45, 2.75) is 37.6 Å². The standard InChI is InChI=1S/C28H27N5O2S/c1-18(2)23-9-5-6-10-24(23)33-27(20-12-14-22(35-4)15-13-20)30-31-28(33)36-17-21-16-26(34)32-19(3)8-7-11-25(32)29-21/h5-16,18H,17H2,1-4H3. The topological polar surface area (TPSA) is 74.3 Å². The Hall–Kier alpha value is -3.91. The van der Waals surface area contributed by atoms with Crippen LogP contribution in [-0.2, 0) is 5.75 Å². The molecule has 0 saturated carbocycles. The third-order valence-corrected chi connectivity index (χ3v) is 7.03. The molecule has 0 fully saturated rings. The summed E-state index contributed by atoms with van der Waals surface area (Å²) in [7, 11) is 1.65. The van der Waals surface area contributed by atoms with Gasteiger partial charge in [-0.25, -0.2) is 4.98 Å². The van der Waals surface area contributed by atoms with Gasteiger partial charge < -0.3 is 4.74 Å². The van der Waals surface area contributed by atoms with E-state index in [-0.39, 0.29) is 5.56 Å². The average Bonchev–Trinajstić information content (AvgIpc) is 3.31. The van der Waals surface area contributed by atoms with Crippen molar-refractivity contribution in [1.82, 2.24) is 24.1 Å². The number of para-hydroxylation sites is 1. The fourth-order valence-corrected chi connectivity index (χ4v) is 5.10. The van der Waals surface area contributed by atoms with Crippen molar-refractivity contribution in [3.8, 4) is 22.8 Å². The molecule has 0 aliphatic carbocycles. The maximum absolute atomic E-state index is 12.8. The molecule has 0 amide bonds. The minimum atomic E-state index is -0.0840. The predicted octanol–water partition coefficient (Wildman–Crippen LogP) is 5.67. The highest BCUT2D eigenvalue weighted by molar-refractivity contribution is 7.98. The van der Waals surface area contributed by atoms with Crippen LogP contribution in [0.3, 0.4) is 0 Å². The number of hydrogen-bond donors (Lipinski definition) is 0. The first-order chi connectivity index (χ1) is 17.5. The zero-order valence-electron chi connectivity index (χ0n) is 20.7. The largest absolute Gasteiger partial charge is 0.497 e. The number of thioether (sulfide) groups is 1. The minimum absolute atomic E-state index is 0.0840. The molecule has 0 N–H and O–H groups in total. The molecular weight excluding hydrogens is 470 g/mol. The molecule has 3 heterocycles. The number of hydrogen-bond acceptors (Lipinski definition) is 6. The molecule has 0 spiro atoms. The number of nitrogens with zero attached hydrogens (tertiary/aromatic N) is 5. The maximum atomic E-state index is 12.8. The number of aromatic nitrogens is 5. The predicted molar refractivity (Wildman–Crippen MR) is 143 cm³/mol. The summed E-state index contributed by atoms with van der Waals surface area (Å²) in [6.07, 6.45) is 0. The Bertz CT molecular complexity index is 1590. The van der Waals surface area contributed by atoms with Crippen molar-refractivity contribution < 1.29 is 4.74 Å². The van der Waals surface area contributed by atoms with Crippen LogP contribution in [0.5, 0.6) is 5.75 Å². The molecule has 0 bridgehead atoms. The van der Waals surface area contributed by atoms with Gasteiger partial charge in [-0.1, -0.05) is 49.9 Å². The lowest BCUT2D eigenvalue weighted by atomic mass is 10.0. The normalized spacial score (nSPS) is 11.4. The molecule has 5 aromatic rings. The number of benzene rings is 2. The highest BCUT2D eigenvalue weighted by Gasteiger charge is 2.20. The van der Waals surface area contributed by atoms with Gasteiger partial charge in [-0.05, 0) is 60.9 Å². The monoisotopic (exact) mass is 497 g/mol. The second-order valence-corrected chi connectivity index (χ2v) is 9.76. The molecular formula is C28H27N5O2S. The van der Waals surface area contributed by atoms with Crippen LogP contribution < -0.4 is 10.3 Å². The van der Waals surface area contributed by atoms with E-state index in [2.05, 4.69) is 46.8 Å². The Balaban J connectivity index is 1.57. The van der Waals surface area contributed by atoms with Crippen molar-refractivity contribution in [3.05, 3.63) is 100 Å². The SMILES string of the molecule is COc1ccc(-c2nnc(SCc3cc(=O)n4c(C)cccc4n3)n2-c2ccccc2C(C)C)cc1. The second-order valence-electron chi connectivity index (χ2n) is 8.82. The van der Waals surface area contributed by atoms with E-state index in [1.54, 1.807) is 17.6 Å². The van der Waals surface area contributed by atoms with E-state index in [1.165, 1.54) is 17.3 Å².